The van der Waals surface area contributed by atoms with Crippen molar-refractivity contribution < 1.29 is 0 Å². The number of rotatable bonds is 7. The molecule has 0 heterocycles. The van der Waals surface area contributed by atoms with Crippen LogP contribution >= 0.6 is 0 Å². The number of nitrogens with two attached hydrogens (primary N) is 1. The van der Waals surface area contributed by atoms with Gasteiger partial charge < -0.3 is 5.73 Å². The van der Waals surface area contributed by atoms with Crippen LogP contribution in [0.3, 0.4) is 0 Å². The zero-order chi connectivity index (χ0) is 10.9. The third-order valence-electron chi connectivity index (χ3n) is 3.90. The summed E-state index contributed by atoms with van der Waals surface area (Å²) in [6, 6.07) is 0.523. The van der Waals surface area contributed by atoms with Crippen LogP contribution in [-0.4, -0.2) is 6.04 Å². The Hall–Kier alpha value is -0.0400. The van der Waals surface area contributed by atoms with E-state index in [9.17, 15) is 0 Å². The van der Waals surface area contributed by atoms with E-state index < -0.39 is 0 Å². The normalized spacial score (nSPS) is 26.8. The molecule has 0 amide bonds. The summed E-state index contributed by atoms with van der Waals surface area (Å²) in [5.41, 5.74) is 6.14. The molecule has 2 atom stereocenters. The fourth-order valence-electron chi connectivity index (χ4n) is 2.78. The zero-order valence-electron chi connectivity index (χ0n) is 10.5. The molecule has 0 aromatic rings. The van der Waals surface area contributed by atoms with Crippen molar-refractivity contribution in [3.05, 3.63) is 0 Å². The minimum Gasteiger partial charge on any atom is -0.327 e. The average Bonchev–Trinajstić information content (AvgIpc) is 2.25. The van der Waals surface area contributed by atoms with Crippen LogP contribution in [0.25, 0.3) is 0 Å². The molecule has 1 aliphatic carbocycles. The fourth-order valence-corrected chi connectivity index (χ4v) is 2.78. The molecule has 1 rings (SSSR count). The predicted octanol–water partition coefficient (Wildman–Crippen LogP) is 4.25. The standard InChI is InChI=1S/C14H29N/c1-2-3-4-5-6-7-10-13-11-8-9-12-14(13)15/h13-14H,2-12,15H2,1H3. The van der Waals surface area contributed by atoms with E-state index >= 15 is 0 Å². The molecule has 0 saturated heterocycles. The maximum Gasteiger partial charge on any atom is 0.00671 e. The first-order valence-corrected chi connectivity index (χ1v) is 7.10. The Kier molecular flexibility index (Phi) is 7.08. The van der Waals surface area contributed by atoms with E-state index in [1.165, 1.54) is 70.6 Å². The maximum absolute atomic E-state index is 6.14. The second kappa shape index (κ2) is 8.15. The lowest BCUT2D eigenvalue weighted by molar-refractivity contribution is 0.283. The van der Waals surface area contributed by atoms with Gasteiger partial charge in [0, 0.05) is 6.04 Å². The Morgan fingerprint density at radius 3 is 2.33 bits per heavy atom. The first-order valence-electron chi connectivity index (χ1n) is 7.10. The molecule has 0 aromatic carbocycles. The van der Waals surface area contributed by atoms with Crippen molar-refractivity contribution in [3.8, 4) is 0 Å². The van der Waals surface area contributed by atoms with Gasteiger partial charge in [-0.15, -0.1) is 0 Å². The summed E-state index contributed by atoms with van der Waals surface area (Å²) >= 11 is 0. The summed E-state index contributed by atoms with van der Waals surface area (Å²) in [5, 5.41) is 0. The summed E-state index contributed by atoms with van der Waals surface area (Å²) in [6.07, 6.45) is 15.4. The molecule has 15 heavy (non-hydrogen) atoms. The van der Waals surface area contributed by atoms with E-state index in [1.807, 2.05) is 0 Å². The van der Waals surface area contributed by atoms with Crippen LogP contribution in [0.5, 0.6) is 0 Å². The van der Waals surface area contributed by atoms with Gasteiger partial charge in [-0.25, -0.2) is 0 Å². The van der Waals surface area contributed by atoms with E-state index in [4.69, 9.17) is 5.73 Å². The average molecular weight is 211 g/mol. The summed E-state index contributed by atoms with van der Waals surface area (Å²) in [7, 11) is 0. The van der Waals surface area contributed by atoms with Gasteiger partial charge in [0.25, 0.3) is 0 Å². The van der Waals surface area contributed by atoms with Crippen LogP contribution in [0.4, 0.5) is 0 Å². The van der Waals surface area contributed by atoms with Gasteiger partial charge in [-0.3, -0.25) is 0 Å². The Labute approximate surface area is 95.8 Å². The van der Waals surface area contributed by atoms with E-state index in [2.05, 4.69) is 6.92 Å². The topological polar surface area (TPSA) is 26.0 Å². The number of hydrogen-bond donors (Lipinski definition) is 1. The van der Waals surface area contributed by atoms with Crippen molar-refractivity contribution in [1.82, 2.24) is 0 Å². The van der Waals surface area contributed by atoms with E-state index in [0.717, 1.165) is 5.92 Å². The lowest BCUT2D eigenvalue weighted by Gasteiger charge is -2.28. The minimum atomic E-state index is 0.523. The van der Waals surface area contributed by atoms with Gasteiger partial charge in [-0.2, -0.15) is 0 Å². The second-order valence-electron chi connectivity index (χ2n) is 5.26. The third kappa shape index (κ3) is 5.55. The first-order chi connectivity index (χ1) is 7.34. The maximum atomic E-state index is 6.14. The minimum absolute atomic E-state index is 0.523. The van der Waals surface area contributed by atoms with Crippen molar-refractivity contribution in [3.63, 3.8) is 0 Å². The quantitative estimate of drug-likeness (QED) is 0.626. The Morgan fingerprint density at radius 1 is 0.933 bits per heavy atom. The lowest BCUT2D eigenvalue weighted by Crippen LogP contribution is -2.32. The molecule has 0 aliphatic heterocycles. The molecule has 1 heteroatoms. The SMILES string of the molecule is CCCCCCCCC1CCCCC1N. The lowest BCUT2D eigenvalue weighted by atomic mass is 9.82. The van der Waals surface area contributed by atoms with Gasteiger partial charge in [0.1, 0.15) is 0 Å². The molecule has 1 fully saturated rings. The molecule has 90 valence electrons. The Morgan fingerprint density at radius 2 is 1.60 bits per heavy atom. The first kappa shape index (κ1) is 13.0. The summed E-state index contributed by atoms with van der Waals surface area (Å²) in [4.78, 5) is 0. The van der Waals surface area contributed by atoms with Crippen molar-refractivity contribution in [2.45, 2.75) is 83.6 Å². The second-order valence-corrected chi connectivity index (χ2v) is 5.26. The summed E-state index contributed by atoms with van der Waals surface area (Å²) in [6.45, 7) is 2.28. The molecule has 2 unspecified atom stereocenters. The summed E-state index contributed by atoms with van der Waals surface area (Å²) in [5.74, 6) is 0.852. The van der Waals surface area contributed by atoms with Crippen LogP contribution in [0.2, 0.25) is 0 Å². The van der Waals surface area contributed by atoms with Gasteiger partial charge in [0.2, 0.25) is 0 Å². The smallest absolute Gasteiger partial charge is 0.00671 e. The molecular formula is C14H29N. The third-order valence-corrected chi connectivity index (χ3v) is 3.90. The monoisotopic (exact) mass is 211 g/mol. The highest BCUT2D eigenvalue weighted by Crippen LogP contribution is 2.27. The van der Waals surface area contributed by atoms with Crippen LogP contribution < -0.4 is 5.73 Å². The molecule has 0 aromatic heterocycles. The molecule has 0 spiro atoms. The number of hydrogen-bond acceptors (Lipinski definition) is 1. The van der Waals surface area contributed by atoms with Gasteiger partial charge >= 0.3 is 0 Å². The number of unbranched alkanes of at least 4 members (excludes halogenated alkanes) is 5. The van der Waals surface area contributed by atoms with Gasteiger partial charge in [-0.05, 0) is 25.2 Å². The van der Waals surface area contributed by atoms with E-state index in [1.54, 1.807) is 0 Å². The fraction of sp³-hybridized carbons (Fsp3) is 1.00. The largest absolute Gasteiger partial charge is 0.327 e. The van der Waals surface area contributed by atoms with E-state index in [0.29, 0.717) is 6.04 Å². The molecule has 0 radical (unpaired) electrons. The predicted molar refractivity (Wildman–Crippen MR) is 67.9 cm³/mol. The van der Waals surface area contributed by atoms with Crippen LogP contribution in [0, 0.1) is 5.92 Å². The highest BCUT2D eigenvalue weighted by molar-refractivity contribution is 4.77. The molecule has 1 nitrogen and oxygen atoms in total. The van der Waals surface area contributed by atoms with Gasteiger partial charge in [0.05, 0.1) is 0 Å². The molecule has 1 saturated carbocycles. The van der Waals surface area contributed by atoms with Crippen LogP contribution in [-0.2, 0) is 0 Å². The van der Waals surface area contributed by atoms with Crippen LogP contribution in [0.15, 0.2) is 0 Å². The van der Waals surface area contributed by atoms with Crippen molar-refractivity contribution >= 4 is 0 Å². The van der Waals surface area contributed by atoms with Gasteiger partial charge in [-0.1, -0.05) is 58.3 Å². The highest BCUT2D eigenvalue weighted by atomic mass is 14.7. The van der Waals surface area contributed by atoms with Crippen LogP contribution in [0.1, 0.15) is 77.6 Å². The van der Waals surface area contributed by atoms with Crippen molar-refractivity contribution in [2.75, 3.05) is 0 Å². The molecule has 2 N–H and O–H groups in total. The Bertz CT molecular complexity index is 144. The van der Waals surface area contributed by atoms with Crippen molar-refractivity contribution in [1.29, 1.82) is 0 Å². The molecule has 0 bridgehead atoms. The molecule has 1 aliphatic rings. The van der Waals surface area contributed by atoms with Crippen molar-refractivity contribution in [2.24, 2.45) is 11.7 Å². The van der Waals surface area contributed by atoms with Gasteiger partial charge in [0.15, 0.2) is 0 Å². The highest BCUT2D eigenvalue weighted by Gasteiger charge is 2.20. The zero-order valence-corrected chi connectivity index (χ0v) is 10.5. The summed E-state index contributed by atoms with van der Waals surface area (Å²) < 4.78 is 0. The Balaban J connectivity index is 1.94. The van der Waals surface area contributed by atoms with E-state index in [-0.39, 0.29) is 0 Å². The molecular weight excluding hydrogens is 182 g/mol.